The van der Waals surface area contributed by atoms with Crippen molar-refractivity contribution < 1.29 is 28.8 Å². The zero-order valence-corrected chi connectivity index (χ0v) is 28.6. The highest BCUT2D eigenvalue weighted by molar-refractivity contribution is 6.04. The van der Waals surface area contributed by atoms with Gasteiger partial charge in [0.15, 0.2) is 0 Å². The monoisotopic (exact) mass is 690 g/mol. The first-order chi connectivity index (χ1) is 24.9. The number of aliphatic hydroxyl groups is 1. The van der Waals surface area contributed by atoms with Crippen molar-refractivity contribution in [3.63, 3.8) is 0 Å². The summed E-state index contributed by atoms with van der Waals surface area (Å²) >= 11 is 0. The molecule has 11 nitrogen and oxygen atoms in total. The predicted octanol–water partition coefficient (Wildman–Crippen LogP) is 5.06. The van der Waals surface area contributed by atoms with Crippen LogP contribution >= 0.6 is 0 Å². The Labute approximate surface area is 296 Å². The second-order valence-electron chi connectivity index (χ2n) is 12.3. The lowest BCUT2D eigenvalue weighted by Crippen LogP contribution is -2.38. The Balaban J connectivity index is 1.30. The van der Waals surface area contributed by atoms with Crippen LogP contribution in [0.1, 0.15) is 51.7 Å². The summed E-state index contributed by atoms with van der Waals surface area (Å²) in [6.45, 7) is 0.396. The van der Waals surface area contributed by atoms with E-state index in [1.165, 1.54) is 4.57 Å². The number of ether oxygens (including phenoxy) is 4. The maximum Gasteiger partial charge on any atom is 0.351 e. The highest BCUT2D eigenvalue weighted by atomic mass is 16.6. The number of carbonyl (C=O) groups is 1. The summed E-state index contributed by atoms with van der Waals surface area (Å²) < 4.78 is 25.6. The zero-order chi connectivity index (χ0) is 35.8. The highest BCUT2D eigenvalue weighted by Gasteiger charge is 2.42. The number of methoxy groups -OCH3 is 2. The standard InChI is InChI=1S/C40H42N4O7/c1-48-32-19-15-30(16-20-32)40(29-13-7-4-8-14-29,31-17-21-33(49-2)22-18-31)50-26-35-34(45)24-36(51-35)44-25-28(12-9-23-41)37(43-39(44)47)42-38(46)27-10-5-3-6-11-27/h3-8,10-11,13-22,25,34-36,45H,9,12,23-24,26,41H2,1-2H3,(H,42,43,46,47)/t34-,35+,36+/m0/s1. The van der Waals surface area contributed by atoms with Crippen molar-refractivity contribution in [3.05, 3.63) is 154 Å². The number of aromatic nitrogens is 2. The van der Waals surface area contributed by atoms with Crippen LogP contribution in [0.4, 0.5) is 5.82 Å². The Morgan fingerprint density at radius 3 is 2.04 bits per heavy atom. The number of nitrogens with two attached hydrogens (primary N) is 1. The van der Waals surface area contributed by atoms with Crippen molar-refractivity contribution in [3.8, 4) is 11.5 Å². The van der Waals surface area contributed by atoms with Crippen LogP contribution in [0.25, 0.3) is 0 Å². The number of nitrogens with zero attached hydrogens (tertiary/aromatic N) is 2. The lowest BCUT2D eigenvalue weighted by molar-refractivity contribution is -0.0944. The van der Waals surface area contributed by atoms with Crippen LogP contribution < -0.4 is 26.2 Å². The molecule has 1 amide bonds. The number of amides is 1. The van der Waals surface area contributed by atoms with Crippen molar-refractivity contribution >= 4 is 11.7 Å². The Bertz CT molecular complexity index is 1900. The maximum absolute atomic E-state index is 13.4. The number of hydrogen-bond acceptors (Lipinski definition) is 9. The molecule has 4 aromatic carbocycles. The molecular formula is C40H42N4O7. The molecule has 1 saturated heterocycles. The van der Waals surface area contributed by atoms with Gasteiger partial charge in [-0.25, -0.2) is 4.79 Å². The van der Waals surface area contributed by atoms with E-state index in [1.807, 2.05) is 84.9 Å². The van der Waals surface area contributed by atoms with E-state index in [2.05, 4.69) is 10.3 Å². The number of anilines is 1. The van der Waals surface area contributed by atoms with Crippen LogP contribution in [0.3, 0.4) is 0 Å². The minimum absolute atomic E-state index is 0.0158. The highest BCUT2D eigenvalue weighted by Crippen LogP contribution is 2.42. The number of rotatable bonds is 14. The normalized spacial score (nSPS) is 17.2. The SMILES string of the molecule is COc1ccc(C(OC[C@H]2O[C@@H](n3cc(CCCN)c(NC(=O)c4ccccc4)nc3=O)C[C@@H]2O)(c2ccccc2)c2ccc(OC)cc2)cc1. The molecule has 3 atom stereocenters. The van der Waals surface area contributed by atoms with Crippen molar-refractivity contribution in [1.29, 1.82) is 0 Å². The number of aryl methyl sites for hydroxylation is 1. The number of aliphatic hydroxyl groups excluding tert-OH is 1. The molecule has 1 fully saturated rings. The molecule has 0 aliphatic carbocycles. The van der Waals surface area contributed by atoms with Crippen LogP contribution in [-0.2, 0) is 21.5 Å². The second kappa shape index (κ2) is 16.1. The molecule has 2 heterocycles. The summed E-state index contributed by atoms with van der Waals surface area (Å²) in [6, 6.07) is 33.9. The Morgan fingerprint density at radius 2 is 1.47 bits per heavy atom. The fourth-order valence-corrected chi connectivity index (χ4v) is 6.39. The molecule has 1 aliphatic heterocycles. The van der Waals surface area contributed by atoms with Crippen molar-refractivity contribution in [2.45, 2.75) is 43.3 Å². The summed E-state index contributed by atoms with van der Waals surface area (Å²) in [5.41, 5.74) is 7.67. The third-order valence-corrected chi connectivity index (χ3v) is 9.10. The first kappa shape index (κ1) is 35.5. The van der Waals surface area contributed by atoms with Crippen LogP contribution in [0.5, 0.6) is 11.5 Å². The van der Waals surface area contributed by atoms with Gasteiger partial charge >= 0.3 is 5.69 Å². The number of hydrogen-bond donors (Lipinski definition) is 3. The van der Waals surface area contributed by atoms with E-state index in [-0.39, 0.29) is 24.8 Å². The number of benzene rings is 4. The molecule has 1 aromatic heterocycles. The van der Waals surface area contributed by atoms with Crippen molar-refractivity contribution in [2.24, 2.45) is 5.73 Å². The van der Waals surface area contributed by atoms with Gasteiger partial charge in [-0.05, 0) is 72.5 Å². The van der Waals surface area contributed by atoms with Gasteiger partial charge in [0.25, 0.3) is 5.91 Å². The second-order valence-corrected chi connectivity index (χ2v) is 12.3. The largest absolute Gasteiger partial charge is 0.497 e. The fourth-order valence-electron chi connectivity index (χ4n) is 6.39. The summed E-state index contributed by atoms with van der Waals surface area (Å²) in [6.07, 6.45) is 0.284. The van der Waals surface area contributed by atoms with E-state index in [9.17, 15) is 14.7 Å². The molecular weight excluding hydrogens is 648 g/mol. The molecule has 0 unspecified atom stereocenters. The minimum atomic E-state index is -1.12. The third-order valence-electron chi connectivity index (χ3n) is 9.10. The average Bonchev–Trinajstić information content (AvgIpc) is 3.55. The van der Waals surface area contributed by atoms with E-state index in [0.29, 0.717) is 42.0 Å². The van der Waals surface area contributed by atoms with Crippen LogP contribution in [0.2, 0.25) is 0 Å². The van der Waals surface area contributed by atoms with Gasteiger partial charge in [0.1, 0.15) is 35.2 Å². The average molecular weight is 691 g/mol. The molecule has 1 aliphatic rings. The van der Waals surface area contributed by atoms with E-state index < -0.39 is 29.7 Å². The lowest BCUT2D eigenvalue weighted by atomic mass is 9.80. The predicted molar refractivity (Wildman–Crippen MR) is 193 cm³/mol. The smallest absolute Gasteiger partial charge is 0.351 e. The van der Waals surface area contributed by atoms with Crippen LogP contribution in [0, 0.1) is 0 Å². The van der Waals surface area contributed by atoms with Gasteiger partial charge in [0.05, 0.1) is 26.9 Å². The van der Waals surface area contributed by atoms with Crippen molar-refractivity contribution in [2.75, 3.05) is 32.7 Å². The molecule has 0 radical (unpaired) electrons. The number of nitrogens with one attached hydrogen (secondary N) is 1. The van der Waals surface area contributed by atoms with E-state index in [0.717, 1.165) is 16.7 Å². The molecule has 51 heavy (non-hydrogen) atoms. The Hall–Kier alpha value is -5.33. The van der Waals surface area contributed by atoms with E-state index in [1.54, 1.807) is 44.7 Å². The Morgan fingerprint density at radius 1 is 0.902 bits per heavy atom. The van der Waals surface area contributed by atoms with Gasteiger partial charge in [-0.1, -0.05) is 72.8 Å². The van der Waals surface area contributed by atoms with Crippen LogP contribution in [-0.4, -0.2) is 60.1 Å². The summed E-state index contributed by atoms with van der Waals surface area (Å²) in [5.74, 6) is 1.19. The molecule has 0 bridgehead atoms. The van der Waals surface area contributed by atoms with E-state index in [4.69, 9.17) is 24.7 Å². The van der Waals surface area contributed by atoms with Gasteiger partial charge in [-0.2, -0.15) is 4.98 Å². The van der Waals surface area contributed by atoms with Crippen molar-refractivity contribution in [1.82, 2.24) is 9.55 Å². The minimum Gasteiger partial charge on any atom is -0.497 e. The molecule has 11 heteroatoms. The molecule has 0 spiro atoms. The first-order valence-corrected chi connectivity index (χ1v) is 16.9. The third kappa shape index (κ3) is 7.72. The maximum atomic E-state index is 13.4. The molecule has 4 N–H and O–H groups in total. The van der Waals surface area contributed by atoms with Crippen LogP contribution in [0.15, 0.2) is 120 Å². The topological polar surface area (TPSA) is 147 Å². The summed E-state index contributed by atoms with van der Waals surface area (Å²) in [5, 5.41) is 14.1. The van der Waals surface area contributed by atoms with Gasteiger partial charge in [-0.15, -0.1) is 0 Å². The van der Waals surface area contributed by atoms with Gasteiger partial charge < -0.3 is 35.1 Å². The fraction of sp³-hybridized carbons (Fsp3) is 0.275. The first-order valence-electron chi connectivity index (χ1n) is 16.9. The Kier molecular flexibility index (Phi) is 11.2. The molecule has 264 valence electrons. The molecule has 0 saturated carbocycles. The zero-order valence-electron chi connectivity index (χ0n) is 28.6. The van der Waals surface area contributed by atoms with Gasteiger partial charge in [-0.3, -0.25) is 9.36 Å². The molecule has 5 aromatic rings. The summed E-state index contributed by atoms with van der Waals surface area (Å²) in [7, 11) is 3.23. The van der Waals surface area contributed by atoms with Gasteiger partial charge in [0, 0.05) is 23.7 Å². The molecule has 6 rings (SSSR count). The lowest BCUT2D eigenvalue weighted by Gasteiger charge is -2.37. The number of carbonyl (C=O) groups excluding carboxylic acids is 1. The van der Waals surface area contributed by atoms with Gasteiger partial charge in [0.2, 0.25) is 0 Å². The van der Waals surface area contributed by atoms with E-state index >= 15 is 0 Å². The quantitative estimate of drug-likeness (QED) is 0.136. The summed E-state index contributed by atoms with van der Waals surface area (Å²) in [4.78, 5) is 30.6.